The number of benzene rings is 1. The molecule has 0 bridgehead atoms. The van der Waals surface area contributed by atoms with Gasteiger partial charge in [0.1, 0.15) is 5.78 Å². The highest BCUT2D eigenvalue weighted by atomic mass is 16.6. The van der Waals surface area contributed by atoms with E-state index < -0.39 is 4.92 Å². The summed E-state index contributed by atoms with van der Waals surface area (Å²) in [6.45, 7) is 2.67. The Kier molecular flexibility index (Phi) is 5.81. The van der Waals surface area contributed by atoms with Crippen molar-refractivity contribution in [3.8, 4) is 0 Å². The molecule has 0 heterocycles. The largest absolute Gasteiger partial charge is 0.381 e. The van der Waals surface area contributed by atoms with Crippen molar-refractivity contribution in [1.29, 1.82) is 0 Å². The van der Waals surface area contributed by atoms with Crippen LogP contribution in [0.5, 0.6) is 0 Å². The van der Waals surface area contributed by atoms with Crippen molar-refractivity contribution >= 4 is 17.3 Å². The Hall–Kier alpha value is -2.08. The molecular formula is C13H15NO5. The Morgan fingerprint density at radius 3 is 2.42 bits per heavy atom. The van der Waals surface area contributed by atoms with Crippen LogP contribution in [0, 0.1) is 10.1 Å². The van der Waals surface area contributed by atoms with Crippen LogP contribution in [0.25, 0.3) is 0 Å². The number of hydrogen-bond acceptors (Lipinski definition) is 5. The third kappa shape index (κ3) is 4.97. The number of carbonyl (C=O) groups is 2. The maximum Gasteiger partial charge on any atom is 0.269 e. The summed E-state index contributed by atoms with van der Waals surface area (Å²) in [5.74, 6) is -0.534. The number of nitro benzene ring substituents is 1. The quantitative estimate of drug-likeness (QED) is 0.236. The lowest BCUT2D eigenvalue weighted by Crippen LogP contribution is -2.10. The molecule has 0 aliphatic carbocycles. The van der Waals surface area contributed by atoms with Crippen LogP contribution in [0.4, 0.5) is 5.69 Å². The monoisotopic (exact) mass is 265 g/mol. The van der Waals surface area contributed by atoms with Gasteiger partial charge in [-0.3, -0.25) is 19.7 Å². The normalized spacial score (nSPS) is 10.2. The van der Waals surface area contributed by atoms with E-state index in [0.717, 1.165) is 0 Å². The van der Waals surface area contributed by atoms with Crippen molar-refractivity contribution in [3.05, 3.63) is 39.9 Å². The number of ether oxygens (including phenoxy) is 1. The van der Waals surface area contributed by atoms with E-state index in [1.165, 1.54) is 24.3 Å². The smallest absolute Gasteiger partial charge is 0.269 e. The first kappa shape index (κ1) is 15.0. The van der Waals surface area contributed by atoms with Crippen LogP contribution in [0.1, 0.15) is 30.1 Å². The molecule has 1 aromatic carbocycles. The van der Waals surface area contributed by atoms with Gasteiger partial charge in [-0.15, -0.1) is 0 Å². The zero-order chi connectivity index (χ0) is 14.3. The Morgan fingerprint density at radius 2 is 1.89 bits per heavy atom. The first-order valence-corrected chi connectivity index (χ1v) is 5.91. The molecule has 0 unspecified atom stereocenters. The fraction of sp³-hybridized carbons (Fsp3) is 0.385. The summed E-state index contributed by atoms with van der Waals surface area (Å²) in [5.41, 5.74) is 0.217. The number of ketones is 2. The van der Waals surface area contributed by atoms with Crippen molar-refractivity contribution in [2.24, 2.45) is 0 Å². The summed E-state index contributed by atoms with van der Waals surface area (Å²) in [7, 11) is 0. The van der Waals surface area contributed by atoms with Crippen molar-refractivity contribution in [3.63, 3.8) is 0 Å². The molecule has 0 fully saturated rings. The van der Waals surface area contributed by atoms with Crippen molar-refractivity contribution < 1.29 is 19.2 Å². The van der Waals surface area contributed by atoms with Gasteiger partial charge in [0.15, 0.2) is 5.78 Å². The van der Waals surface area contributed by atoms with E-state index in [-0.39, 0.29) is 30.1 Å². The van der Waals surface area contributed by atoms with Crippen molar-refractivity contribution in [2.75, 3.05) is 13.2 Å². The fourth-order valence-corrected chi connectivity index (χ4v) is 1.47. The van der Waals surface area contributed by atoms with Gasteiger partial charge in [-0.2, -0.15) is 0 Å². The van der Waals surface area contributed by atoms with E-state index in [4.69, 9.17) is 4.74 Å². The maximum absolute atomic E-state index is 11.7. The molecule has 0 amide bonds. The zero-order valence-corrected chi connectivity index (χ0v) is 10.6. The van der Waals surface area contributed by atoms with E-state index in [9.17, 15) is 19.7 Å². The molecule has 19 heavy (non-hydrogen) atoms. The van der Waals surface area contributed by atoms with Crippen LogP contribution in [0.2, 0.25) is 0 Å². The van der Waals surface area contributed by atoms with Gasteiger partial charge < -0.3 is 4.74 Å². The highest BCUT2D eigenvalue weighted by molar-refractivity contribution is 6.08. The minimum absolute atomic E-state index is 0.0841. The second kappa shape index (κ2) is 7.38. The molecule has 0 atom stereocenters. The maximum atomic E-state index is 11.7. The second-order valence-electron chi connectivity index (χ2n) is 3.89. The highest BCUT2D eigenvalue weighted by Crippen LogP contribution is 2.13. The van der Waals surface area contributed by atoms with Gasteiger partial charge in [-0.1, -0.05) is 0 Å². The van der Waals surface area contributed by atoms with Gasteiger partial charge in [0, 0.05) is 30.7 Å². The molecule has 0 aliphatic rings. The Labute approximate surface area is 110 Å². The van der Waals surface area contributed by atoms with E-state index in [1.54, 1.807) is 0 Å². The molecule has 6 heteroatoms. The minimum Gasteiger partial charge on any atom is -0.381 e. The lowest BCUT2D eigenvalue weighted by molar-refractivity contribution is -0.384. The molecule has 0 saturated carbocycles. The molecular weight excluding hydrogens is 250 g/mol. The van der Waals surface area contributed by atoms with Crippen LogP contribution in [0.15, 0.2) is 24.3 Å². The van der Waals surface area contributed by atoms with Crippen molar-refractivity contribution in [1.82, 2.24) is 0 Å². The standard InChI is InChI=1S/C13H15NO5/c1-2-19-8-7-12(15)9-13(16)10-3-5-11(6-4-10)14(17)18/h3-6H,2,7-9H2,1H3. The first-order chi connectivity index (χ1) is 9.04. The van der Waals surface area contributed by atoms with Crippen molar-refractivity contribution in [2.45, 2.75) is 19.8 Å². The van der Waals surface area contributed by atoms with Gasteiger partial charge in [-0.05, 0) is 19.1 Å². The molecule has 0 aliphatic heterocycles. The lowest BCUT2D eigenvalue weighted by Gasteiger charge is -2.01. The van der Waals surface area contributed by atoms with Crippen LogP contribution in [-0.4, -0.2) is 29.7 Å². The molecule has 0 radical (unpaired) electrons. The number of hydrogen-bond donors (Lipinski definition) is 0. The molecule has 1 aromatic rings. The number of rotatable bonds is 8. The summed E-state index contributed by atoms with van der Waals surface area (Å²) in [4.78, 5) is 33.1. The Morgan fingerprint density at radius 1 is 1.26 bits per heavy atom. The average Bonchev–Trinajstić information content (AvgIpc) is 2.39. The summed E-state index contributed by atoms with van der Waals surface area (Å²) < 4.78 is 5.03. The number of nitro groups is 1. The SMILES string of the molecule is CCOCCC(=O)CC(=O)c1ccc([N+](=O)[O-])cc1. The summed E-state index contributed by atoms with van der Waals surface area (Å²) >= 11 is 0. The number of nitrogens with zero attached hydrogens (tertiary/aromatic N) is 1. The van der Waals surface area contributed by atoms with E-state index in [0.29, 0.717) is 18.8 Å². The van der Waals surface area contributed by atoms with Crippen LogP contribution in [-0.2, 0) is 9.53 Å². The van der Waals surface area contributed by atoms with Crippen LogP contribution < -0.4 is 0 Å². The topological polar surface area (TPSA) is 86.5 Å². The fourth-order valence-electron chi connectivity index (χ4n) is 1.47. The van der Waals surface area contributed by atoms with E-state index in [2.05, 4.69) is 0 Å². The molecule has 102 valence electrons. The molecule has 0 N–H and O–H groups in total. The molecule has 1 rings (SSSR count). The summed E-state index contributed by atoms with van der Waals surface area (Å²) in [6, 6.07) is 5.21. The molecule has 0 spiro atoms. The van der Waals surface area contributed by atoms with Crippen LogP contribution >= 0.6 is 0 Å². The van der Waals surface area contributed by atoms with Gasteiger partial charge >= 0.3 is 0 Å². The Balaban J connectivity index is 2.53. The number of Topliss-reactive ketones (excluding diaryl/α,β-unsaturated/α-hetero) is 2. The zero-order valence-electron chi connectivity index (χ0n) is 10.6. The predicted molar refractivity (Wildman–Crippen MR) is 68.2 cm³/mol. The molecule has 0 saturated heterocycles. The highest BCUT2D eigenvalue weighted by Gasteiger charge is 2.13. The molecule has 6 nitrogen and oxygen atoms in total. The summed E-state index contributed by atoms with van der Waals surface area (Å²) in [5, 5.41) is 10.5. The van der Waals surface area contributed by atoms with Gasteiger partial charge in [-0.25, -0.2) is 0 Å². The first-order valence-electron chi connectivity index (χ1n) is 5.91. The lowest BCUT2D eigenvalue weighted by atomic mass is 10.0. The van der Waals surface area contributed by atoms with Gasteiger partial charge in [0.05, 0.1) is 18.0 Å². The third-order valence-electron chi connectivity index (χ3n) is 2.49. The average molecular weight is 265 g/mol. The van der Waals surface area contributed by atoms with E-state index in [1.807, 2.05) is 6.92 Å². The molecule has 0 aromatic heterocycles. The summed E-state index contributed by atoms with van der Waals surface area (Å²) in [6.07, 6.45) is -0.00253. The predicted octanol–water partition coefficient (Wildman–Crippen LogP) is 2.16. The number of non-ortho nitro benzene ring substituents is 1. The van der Waals surface area contributed by atoms with Gasteiger partial charge in [0.25, 0.3) is 5.69 Å². The van der Waals surface area contributed by atoms with E-state index >= 15 is 0 Å². The minimum atomic E-state index is -0.540. The number of carbonyl (C=O) groups excluding carboxylic acids is 2. The third-order valence-corrected chi connectivity index (χ3v) is 2.49. The van der Waals surface area contributed by atoms with Crippen LogP contribution in [0.3, 0.4) is 0 Å². The van der Waals surface area contributed by atoms with Gasteiger partial charge in [0.2, 0.25) is 0 Å². The second-order valence-corrected chi connectivity index (χ2v) is 3.89. The Bertz CT molecular complexity index is 466.